The molecule has 1 amide bonds. The third kappa shape index (κ3) is 4.56. The van der Waals surface area contributed by atoms with Crippen molar-refractivity contribution in [1.29, 1.82) is 0 Å². The highest BCUT2D eigenvalue weighted by Crippen LogP contribution is 2.34. The Bertz CT molecular complexity index is 720. The van der Waals surface area contributed by atoms with Gasteiger partial charge in [0.2, 0.25) is 5.91 Å². The molecule has 3 aliphatic heterocycles. The number of fused-ring (bicyclic) bond motifs is 1. The summed E-state index contributed by atoms with van der Waals surface area (Å²) in [5, 5.41) is 0. The number of hydrogen-bond acceptors (Lipinski definition) is 6. The lowest BCUT2D eigenvalue weighted by Crippen LogP contribution is -2.42. The number of hydrogen-bond donors (Lipinski definition) is 0. The second-order valence-electron chi connectivity index (χ2n) is 8.61. The molecule has 1 aromatic heterocycles. The van der Waals surface area contributed by atoms with E-state index in [0.717, 1.165) is 95.1 Å². The van der Waals surface area contributed by atoms with Crippen molar-refractivity contribution in [2.24, 2.45) is 5.92 Å². The van der Waals surface area contributed by atoms with Crippen LogP contribution in [0.2, 0.25) is 0 Å². The van der Waals surface area contributed by atoms with Crippen molar-refractivity contribution >= 4 is 11.7 Å². The largest absolute Gasteiger partial charge is 0.381 e. The van der Waals surface area contributed by atoms with Crippen LogP contribution in [0.4, 0.5) is 5.82 Å². The van der Waals surface area contributed by atoms with Crippen molar-refractivity contribution < 1.29 is 14.3 Å². The Balaban J connectivity index is 1.61. The fourth-order valence-electron chi connectivity index (χ4n) is 4.98. The van der Waals surface area contributed by atoms with Crippen molar-refractivity contribution in [2.45, 2.75) is 57.9 Å². The van der Waals surface area contributed by atoms with Gasteiger partial charge in [-0.3, -0.25) is 4.79 Å². The number of aromatic nitrogens is 2. The van der Waals surface area contributed by atoms with E-state index in [1.54, 1.807) is 7.11 Å². The molecule has 0 aromatic carbocycles. The highest BCUT2D eigenvalue weighted by molar-refractivity contribution is 5.78. The Morgan fingerprint density at radius 3 is 2.76 bits per heavy atom. The summed E-state index contributed by atoms with van der Waals surface area (Å²) in [5.41, 5.74) is 2.36. The molecule has 0 saturated carbocycles. The van der Waals surface area contributed by atoms with Crippen LogP contribution in [-0.4, -0.2) is 67.3 Å². The fraction of sp³-hybridized carbons (Fsp3) is 0.773. The number of aryl methyl sites for hydroxylation is 1. The lowest BCUT2D eigenvalue weighted by atomic mass is 9.96. The van der Waals surface area contributed by atoms with E-state index in [0.29, 0.717) is 5.92 Å². The maximum absolute atomic E-state index is 12.6. The van der Waals surface area contributed by atoms with E-state index in [2.05, 4.69) is 11.8 Å². The van der Waals surface area contributed by atoms with Gasteiger partial charge >= 0.3 is 0 Å². The summed E-state index contributed by atoms with van der Waals surface area (Å²) >= 11 is 0. The van der Waals surface area contributed by atoms with E-state index < -0.39 is 0 Å². The van der Waals surface area contributed by atoms with Crippen molar-refractivity contribution in [3.8, 4) is 0 Å². The zero-order chi connectivity index (χ0) is 20.2. The third-order valence-electron chi connectivity index (χ3n) is 6.57. The van der Waals surface area contributed by atoms with Gasteiger partial charge < -0.3 is 19.3 Å². The number of rotatable bonds is 5. The van der Waals surface area contributed by atoms with Gasteiger partial charge in [0.25, 0.3) is 0 Å². The van der Waals surface area contributed by atoms with E-state index in [1.165, 1.54) is 5.56 Å². The number of ether oxygens (including phenoxy) is 2. The summed E-state index contributed by atoms with van der Waals surface area (Å²) in [6.07, 6.45) is 7.52. The Kier molecular flexibility index (Phi) is 6.65. The van der Waals surface area contributed by atoms with Crippen LogP contribution in [0.25, 0.3) is 0 Å². The molecule has 1 aromatic rings. The first-order valence-electron chi connectivity index (χ1n) is 11.2. The second kappa shape index (κ2) is 9.39. The van der Waals surface area contributed by atoms with E-state index in [9.17, 15) is 4.79 Å². The van der Waals surface area contributed by atoms with Gasteiger partial charge in [-0.2, -0.15) is 0 Å². The first-order chi connectivity index (χ1) is 14.2. The van der Waals surface area contributed by atoms with Gasteiger partial charge in [0, 0.05) is 51.2 Å². The maximum Gasteiger partial charge on any atom is 0.249 e. The third-order valence-corrected chi connectivity index (χ3v) is 6.57. The molecule has 7 heteroatoms. The van der Waals surface area contributed by atoms with E-state index in [-0.39, 0.29) is 18.6 Å². The van der Waals surface area contributed by atoms with Crippen molar-refractivity contribution in [3.05, 3.63) is 17.1 Å². The molecule has 1 unspecified atom stereocenters. The first kappa shape index (κ1) is 20.5. The minimum atomic E-state index is -0.0396. The smallest absolute Gasteiger partial charge is 0.249 e. The summed E-state index contributed by atoms with van der Waals surface area (Å²) in [5.74, 6) is 2.62. The molecule has 2 saturated heterocycles. The Morgan fingerprint density at radius 1 is 1.14 bits per heavy atom. The number of likely N-dealkylation sites (tertiary alicyclic amines) is 1. The summed E-state index contributed by atoms with van der Waals surface area (Å²) in [6.45, 7) is 6.83. The SMILES string of the molecule is COCC(=O)N1CCCCC1c1nc(C)c2c(n1)N(CC1CCOCC1)CCC2. The predicted octanol–water partition coefficient (Wildman–Crippen LogP) is 2.66. The predicted molar refractivity (Wildman–Crippen MR) is 111 cm³/mol. The van der Waals surface area contributed by atoms with Gasteiger partial charge in [-0.05, 0) is 57.8 Å². The molecule has 0 N–H and O–H groups in total. The molecule has 29 heavy (non-hydrogen) atoms. The summed E-state index contributed by atoms with van der Waals surface area (Å²) < 4.78 is 10.6. The average molecular weight is 403 g/mol. The Labute approximate surface area is 173 Å². The monoisotopic (exact) mass is 402 g/mol. The van der Waals surface area contributed by atoms with Gasteiger partial charge in [-0.25, -0.2) is 9.97 Å². The van der Waals surface area contributed by atoms with Crippen LogP contribution in [0, 0.1) is 12.8 Å². The molecule has 7 nitrogen and oxygen atoms in total. The van der Waals surface area contributed by atoms with Crippen LogP contribution in [0.1, 0.15) is 61.6 Å². The Hall–Kier alpha value is -1.73. The minimum absolute atomic E-state index is 0.0373. The number of methoxy groups -OCH3 is 1. The molecular formula is C22H34N4O3. The van der Waals surface area contributed by atoms with Crippen LogP contribution in [0.15, 0.2) is 0 Å². The van der Waals surface area contributed by atoms with Crippen LogP contribution in [-0.2, 0) is 20.7 Å². The summed E-state index contributed by atoms with van der Waals surface area (Å²) in [6, 6.07) is -0.0396. The zero-order valence-electron chi connectivity index (χ0n) is 17.9. The average Bonchev–Trinajstić information content (AvgIpc) is 2.75. The molecule has 2 fully saturated rings. The number of amides is 1. The molecule has 0 aliphatic carbocycles. The fourth-order valence-corrected chi connectivity index (χ4v) is 4.98. The molecule has 3 aliphatic rings. The summed E-state index contributed by atoms with van der Waals surface area (Å²) in [7, 11) is 1.57. The van der Waals surface area contributed by atoms with E-state index in [1.807, 2.05) is 4.90 Å². The van der Waals surface area contributed by atoms with Gasteiger partial charge in [0.1, 0.15) is 12.4 Å². The summed E-state index contributed by atoms with van der Waals surface area (Å²) in [4.78, 5) is 27.0. The minimum Gasteiger partial charge on any atom is -0.381 e. The van der Waals surface area contributed by atoms with Crippen LogP contribution >= 0.6 is 0 Å². The van der Waals surface area contributed by atoms with E-state index in [4.69, 9.17) is 19.4 Å². The number of carbonyl (C=O) groups is 1. The normalized spacial score (nSPS) is 23.2. The van der Waals surface area contributed by atoms with Gasteiger partial charge in [-0.15, -0.1) is 0 Å². The van der Waals surface area contributed by atoms with Crippen molar-refractivity contribution in [2.75, 3.05) is 51.5 Å². The van der Waals surface area contributed by atoms with Crippen LogP contribution < -0.4 is 4.90 Å². The lowest BCUT2D eigenvalue weighted by Gasteiger charge is -2.37. The standard InChI is InChI=1S/C22H34N4O3/c1-16-18-6-5-10-25(14-17-8-12-29-13-9-17)22(18)24-21(23-16)19-7-3-4-11-26(19)20(27)15-28-2/h17,19H,3-15H2,1-2H3. The number of carbonyl (C=O) groups excluding carboxylic acids is 1. The molecule has 0 radical (unpaired) electrons. The second-order valence-corrected chi connectivity index (χ2v) is 8.61. The van der Waals surface area contributed by atoms with Gasteiger partial charge in [-0.1, -0.05) is 0 Å². The van der Waals surface area contributed by atoms with Crippen molar-refractivity contribution in [1.82, 2.24) is 14.9 Å². The zero-order valence-corrected chi connectivity index (χ0v) is 17.9. The maximum atomic E-state index is 12.6. The molecular weight excluding hydrogens is 368 g/mol. The van der Waals surface area contributed by atoms with Gasteiger partial charge in [0.15, 0.2) is 5.82 Å². The highest BCUT2D eigenvalue weighted by Gasteiger charge is 2.32. The van der Waals surface area contributed by atoms with Gasteiger partial charge in [0.05, 0.1) is 6.04 Å². The topological polar surface area (TPSA) is 67.8 Å². The number of nitrogens with zero attached hydrogens (tertiary/aromatic N) is 4. The quantitative estimate of drug-likeness (QED) is 0.754. The van der Waals surface area contributed by atoms with Crippen LogP contribution in [0.3, 0.4) is 0 Å². The van der Waals surface area contributed by atoms with Crippen molar-refractivity contribution in [3.63, 3.8) is 0 Å². The molecule has 1 atom stereocenters. The first-order valence-corrected chi connectivity index (χ1v) is 11.2. The Morgan fingerprint density at radius 2 is 1.97 bits per heavy atom. The van der Waals surface area contributed by atoms with Crippen LogP contribution in [0.5, 0.6) is 0 Å². The molecule has 0 bridgehead atoms. The van der Waals surface area contributed by atoms with E-state index >= 15 is 0 Å². The highest BCUT2D eigenvalue weighted by atomic mass is 16.5. The number of anilines is 1. The molecule has 4 heterocycles. The number of piperidine rings is 1. The lowest BCUT2D eigenvalue weighted by molar-refractivity contribution is -0.139. The molecule has 4 rings (SSSR count). The molecule has 0 spiro atoms. The molecule has 160 valence electrons.